The summed E-state index contributed by atoms with van der Waals surface area (Å²) in [5.74, 6) is 0. The van der Waals surface area contributed by atoms with E-state index in [-0.39, 0.29) is 0 Å². The number of allylic oxidation sites excluding steroid dienone is 1. The molecule has 1 amide bonds. The first-order chi connectivity index (χ1) is 7.33. The number of nitrogens with zero attached hydrogens (tertiary/aromatic N) is 1. The van der Waals surface area contributed by atoms with E-state index in [2.05, 4.69) is 15.3 Å². The lowest BCUT2D eigenvalue weighted by Crippen LogP contribution is -2.18. The van der Waals surface area contributed by atoms with Crippen LogP contribution in [-0.4, -0.2) is 18.9 Å². The Morgan fingerprint density at radius 1 is 1.73 bits per heavy atom. The Morgan fingerprint density at radius 2 is 2.60 bits per heavy atom. The van der Waals surface area contributed by atoms with Gasteiger partial charge in [-0.05, 0) is 30.5 Å². The normalized spacial score (nSPS) is 11.0. The SMILES string of the molecule is CCOC(=O)NN=CC=Cc1cccs1. The number of nitrogens with one attached hydrogen (secondary N) is 1. The van der Waals surface area contributed by atoms with Gasteiger partial charge in [0.05, 0.1) is 6.61 Å². The van der Waals surface area contributed by atoms with Crippen molar-refractivity contribution in [2.75, 3.05) is 6.61 Å². The van der Waals surface area contributed by atoms with Gasteiger partial charge in [0.15, 0.2) is 0 Å². The predicted octanol–water partition coefficient (Wildman–Crippen LogP) is 2.49. The third-order valence-corrected chi connectivity index (χ3v) is 2.23. The molecule has 80 valence electrons. The summed E-state index contributed by atoms with van der Waals surface area (Å²) in [5.41, 5.74) is 2.22. The van der Waals surface area contributed by atoms with Gasteiger partial charge in [-0.25, -0.2) is 10.2 Å². The monoisotopic (exact) mass is 224 g/mol. The maximum absolute atomic E-state index is 10.8. The molecule has 0 aliphatic heterocycles. The molecule has 0 saturated carbocycles. The van der Waals surface area contributed by atoms with Crippen LogP contribution in [0.15, 0.2) is 28.7 Å². The van der Waals surface area contributed by atoms with Gasteiger partial charge < -0.3 is 4.74 Å². The van der Waals surface area contributed by atoms with Crippen LogP contribution in [-0.2, 0) is 4.74 Å². The summed E-state index contributed by atoms with van der Waals surface area (Å²) in [6, 6.07) is 3.96. The molecule has 0 bridgehead atoms. The van der Waals surface area contributed by atoms with Gasteiger partial charge in [-0.1, -0.05) is 6.07 Å². The molecule has 0 aliphatic carbocycles. The van der Waals surface area contributed by atoms with Gasteiger partial charge >= 0.3 is 6.09 Å². The van der Waals surface area contributed by atoms with E-state index in [0.717, 1.165) is 4.88 Å². The summed E-state index contributed by atoms with van der Waals surface area (Å²) in [7, 11) is 0. The predicted molar refractivity (Wildman–Crippen MR) is 62.0 cm³/mol. The van der Waals surface area contributed by atoms with Crippen LogP contribution in [0, 0.1) is 0 Å². The number of hydrogen-bond acceptors (Lipinski definition) is 4. The molecule has 5 heteroatoms. The summed E-state index contributed by atoms with van der Waals surface area (Å²) in [5, 5.41) is 5.65. The Balaban J connectivity index is 2.25. The van der Waals surface area contributed by atoms with Crippen LogP contribution in [0.25, 0.3) is 6.08 Å². The minimum absolute atomic E-state index is 0.340. The van der Waals surface area contributed by atoms with Crippen molar-refractivity contribution in [3.05, 3.63) is 28.5 Å². The molecular formula is C10H12N2O2S. The summed E-state index contributed by atoms with van der Waals surface area (Å²) in [4.78, 5) is 11.9. The van der Waals surface area contributed by atoms with Crippen LogP contribution in [0.5, 0.6) is 0 Å². The van der Waals surface area contributed by atoms with Gasteiger partial charge in [0.1, 0.15) is 0 Å². The molecular weight excluding hydrogens is 212 g/mol. The first-order valence-corrected chi connectivity index (χ1v) is 5.37. The number of carbonyl (C=O) groups excluding carboxylic acids is 1. The number of hydrogen-bond donors (Lipinski definition) is 1. The number of hydrazone groups is 1. The third-order valence-electron chi connectivity index (χ3n) is 1.40. The van der Waals surface area contributed by atoms with Gasteiger partial charge in [-0.3, -0.25) is 0 Å². The molecule has 0 fully saturated rings. The molecule has 0 atom stereocenters. The highest BCUT2D eigenvalue weighted by atomic mass is 32.1. The maximum Gasteiger partial charge on any atom is 0.427 e. The molecule has 1 heterocycles. The van der Waals surface area contributed by atoms with Gasteiger partial charge in [0, 0.05) is 11.1 Å². The molecule has 1 N–H and O–H groups in total. The van der Waals surface area contributed by atoms with E-state index in [9.17, 15) is 4.79 Å². The molecule has 0 unspecified atom stereocenters. The standard InChI is InChI=1S/C10H12N2O2S/c1-2-14-10(13)12-11-7-3-5-9-6-4-8-15-9/h3-8H,2H2,1H3,(H,12,13). The highest BCUT2D eigenvalue weighted by Crippen LogP contribution is 2.09. The van der Waals surface area contributed by atoms with Crippen LogP contribution < -0.4 is 5.43 Å². The topological polar surface area (TPSA) is 50.7 Å². The number of ether oxygens (including phenoxy) is 1. The fourth-order valence-corrected chi connectivity index (χ4v) is 1.45. The van der Waals surface area contributed by atoms with Gasteiger partial charge in [0.25, 0.3) is 0 Å². The summed E-state index contributed by atoms with van der Waals surface area (Å²) < 4.78 is 4.61. The lowest BCUT2D eigenvalue weighted by molar-refractivity contribution is 0.152. The largest absolute Gasteiger partial charge is 0.449 e. The Morgan fingerprint density at radius 3 is 3.27 bits per heavy atom. The third kappa shape index (κ3) is 4.97. The molecule has 0 spiro atoms. The number of amides is 1. The molecule has 0 aromatic carbocycles. The van der Waals surface area contributed by atoms with E-state index in [4.69, 9.17) is 0 Å². The molecule has 1 aromatic rings. The molecule has 1 rings (SSSR count). The highest BCUT2D eigenvalue weighted by Gasteiger charge is 1.93. The molecule has 15 heavy (non-hydrogen) atoms. The Kier molecular flexibility index (Phi) is 5.18. The van der Waals surface area contributed by atoms with Gasteiger partial charge in [0.2, 0.25) is 0 Å². The first kappa shape index (κ1) is 11.5. The number of thiophene rings is 1. The fraction of sp³-hybridized carbons (Fsp3) is 0.200. The van der Waals surface area contributed by atoms with Crippen molar-refractivity contribution in [3.8, 4) is 0 Å². The van der Waals surface area contributed by atoms with Crippen LogP contribution in [0.4, 0.5) is 4.79 Å². The van der Waals surface area contributed by atoms with E-state index < -0.39 is 6.09 Å². The van der Waals surface area contributed by atoms with Gasteiger partial charge in [-0.2, -0.15) is 5.10 Å². The maximum atomic E-state index is 10.8. The Bertz CT molecular complexity index is 344. The smallest absolute Gasteiger partial charge is 0.427 e. The van der Waals surface area contributed by atoms with Crippen molar-refractivity contribution in [1.82, 2.24) is 5.43 Å². The van der Waals surface area contributed by atoms with Crippen LogP contribution in [0.3, 0.4) is 0 Å². The summed E-state index contributed by atoms with van der Waals surface area (Å²) >= 11 is 1.63. The molecule has 1 aromatic heterocycles. The second-order valence-electron chi connectivity index (χ2n) is 2.48. The zero-order valence-electron chi connectivity index (χ0n) is 8.34. The van der Waals surface area contributed by atoms with Crippen LogP contribution >= 0.6 is 11.3 Å². The van der Waals surface area contributed by atoms with E-state index in [0.29, 0.717) is 6.61 Å². The van der Waals surface area contributed by atoms with Crippen molar-refractivity contribution in [2.45, 2.75) is 6.92 Å². The number of carbonyl (C=O) groups is 1. The average Bonchev–Trinajstić information content (AvgIpc) is 2.70. The number of rotatable bonds is 4. The second-order valence-corrected chi connectivity index (χ2v) is 3.46. The van der Waals surface area contributed by atoms with E-state index in [1.807, 2.05) is 23.6 Å². The van der Waals surface area contributed by atoms with Crippen molar-refractivity contribution < 1.29 is 9.53 Å². The molecule has 0 saturated heterocycles. The first-order valence-electron chi connectivity index (χ1n) is 4.49. The van der Waals surface area contributed by atoms with Crippen LogP contribution in [0.1, 0.15) is 11.8 Å². The molecule has 0 aliphatic rings. The Labute approximate surface area is 92.3 Å². The minimum atomic E-state index is -0.543. The molecule has 4 nitrogen and oxygen atoms in total. The average molecular weight is 224 g/mol. The van der Waals surface area contributed by atoms with E-state index in [1.54, 1.807) is 24.3 Å². The minimum Gasteiger partial charge on any atom is -0.449 e. The second kappa shape index (κ2) is 6.78. The molecule has 0 radical (unpaired) electrons. The van der Waals surface area contributed by atoms with E-state index in [1.165, 1.54) is 6.21 Å². The summed E-state index contributed by atoms with van der Waals surface area (Å²) in [6.45, 7) is 2.08. The summed E-state index contributed by atoms with van der Waals surface area (Å²) in [6.07, 6.45) is 4.61. The lowest BCUT2D eigenvalue weighted by atomic mass is 10.4. The zero-order valence-corrected chi connectivity index (χ0v) is 9.16. The van der Waals surface area contributed by atoms with Crippen molar-refractivity contribution in [3.63, 3.8) is 0 Å². The van der Waals surface area contributed by atoms with E-state index >= 15 is 0 Å². The lowest BCUT2D eigenvalue weighted by Gasteiger charge is -1.97. The van der Waals surface area contributed by atoms with Crippen molar-refractivity contribution >= 4 is 29.7 Å². The quantitative estimate of drug-likeness (QED) is 0.631. The highest BCUT2D eigenvalue weighted by molar-refractivity contribution is 7.10. The fourth-order valence-electron chi connectivity index (χ4n) is 0.820. The van der Waals surface area contributed by atoms with Crippen LogP contribution in [0.2, 0.25) is 0 Å². The van der Waals surface area contributed by atoms with Crippen molar-refractivity contribution in [2.24, 2.45) is 5.10 Å². The van der Waals surface area contributed by atoms with Gasteiger partial charge in [-0.15, -0.1) is 11.3 Å². The zero-order chi connectivity index (χ0) is 10.9. The van der Waals surface area contributed by atoms with Crippen molar-refractivity contribution in [1.29, 1.82) is 0 Å². The Hall–Kier alpha value is -1.62.